The molecule has 1 heterocycles. The smallest absolute Gasteiger partial charge is 0.160 e. The number of aromatic hydroxyl groups is 1. The first-order chi connectivity index (χ1) is 17.1. The summed E-state index contributed by atoms with van der Waals surface area (Å²) in [4.78, 5) is 0. The number of hydrogen-bond acceptors (Lipinski definition) is 4. The molecule has 5 heteroatoms. The minimum Gasteiger partial charge on any atom is -0.504 e. The van der Waals surface area contributed by atoms with Crippen LogP contribution in [0.3, 0.4) is 0 Å². The molecule has 4 aromatic rings. The van der Waals surface area contributed by atoms with Crippen LogP contribution in [0, 0.1) is 11.7 Å². The van der Waals surface area contributed by atoms with E-state index in [4.69, 9.17) is 10.5 Å². The van der Waals surface area contributed by atoms with E-state index in [0.29, 0.717) is 23.4 Å². The van der Waals surface area contributed by atoms with Crippen molar-refractivity contribution in [3.05, 3.63) is 112 Å². The summed E-state index contributed by atoms with van der Waals surface area (Å²) in [6, 6.07) is 25.0. The van der Waals surface area contributed by atoms with Crippen LogP contribution >= 0.6 is 0 Å². The first-order valence-electron chi connectivity index (χ1n) is 11.9. The van der Waals surface area contributed by atoms with E-state index in [1.165, 1.54) is 29.9 Å². The molecule has 3 atom stereocenters. The Morgan fingerprint density at radius 2 is 1.74 bits per heavy atom. The highest BCUT2D eigenvalue weighted by Gasteiger charge is 2.44. The highest BCUT2D eigenvalue weighted by molar-refractivity contribution is 5.74. The summed E-state index contributed by atoms with van der Waals surface area (Å²) >= 11 is 0. The lowest BCUT2D eigenvalue weighted by Crippen LogP contribution is -2.31. The van der Waals surface area contributed by atoms with Gasteiger partial charge in [-0.15, -0.1) is 0 Å². The number of nitrogens with two attached hydrogens (primary N) is 1. The van der Waals surface area contributed by atoms with Crippen LogP contribution in [0.1, 0.15) is 39.8 Å². The van der Waals surface area contributed by atoms with E-state index in [9.17, 15) is 9.50 Å². The molecule has 0 bridgehead atoms. The number of phenolic OH excluding ortho intramolecular Hbond substituents is 1. The highest BCUT2D eigenvalue weighted by Crippen LogP contribution is 2.55. The van der Waals surface area contributed by atoms with Crippen LogP contribution in [-0.2, 0) is 13.0 Å². The Kier molecular flexibility index (Phi) is 5.23. The van der Waals surface area contributed by atoms with Gasteiger partial charge in [-0.1, -0.05) is 54.6 Å². The summed E-state index contributed by atoms with van der Waals surface area (Å²) < 4.78 is 20.5. The molecule has 0 aromatic heterocycles. The molecule has 4 aromatic carbocycles. The largest absolute Gasteiger partial charge is 0.504 e. The number of benzene rings is 4. The van der Waals surface area contributed by atoms with Crippen molar-refractivity contribution in [1.29, 1.82) is 0 Å². The molecule has 6 rings (SSSR count). The summed E-state index contributed by atoms with van der Waals surface area (Å²) in [5.74, 6) is 0.427. The van der Waals surface area contributed by atoms with E-state index in [2.05, 4.69) is 47.8 Å². The van der Waals surface area contributed by atoms with Gasteiger partial charge in [-0.2, -0.15) is 0 Å². The van der Waals surface area contributed by atoms with Gasteiger partial charge in [0.15, 0.2) is 11.5 Å². The van der Waals surface area contributed by atoms with Gasteiger partial charge in [0, 0.05) is 23.7 Å². The van der Waals surface area contributed by atoms with Gasteiger partial charge in [0.1, 0.15) is 5.82 Å². The second-order valence-corrected chi connectivity index (χ2v) is 9.38. The third-order valence-corrected chi connectivity index (χ3v) is 7.55. The van der Waals surface area contributed by atoms with Crippen LogP contribution in [-0.4, -0.2) is 12.2 Å². The molecule has 1 aliphatic heterocycles. The van der Waals surface area contributed by atoms with Crippen molar-refractivity contribution in [3.63, 3.8) is 0 Å². The van der Waals surface area contributed by atoms with Crippen molar-refractivity contribution in [1.82, 2.24) is 0 Å². The van der Waals surface area contributed by atoms with Crippen LogP contribution in [0.25, 0.3) is 11.1 Å². The fourth-order valence-electron chi connectivity index (χ4n) is 5.96. The molecule has 0 amide bonds. The number of anilines is 1. The summed E-state index contributed by atoms with van der Waals surface area (Å²) in [5.41, 5.74) is 14.1. The minimum absolute atomic E-state index is 0.00967. The predicted molar refractivity (Wildman–Crippen MR) is 136 cm³/mol. The van der Waals surface area contributed by atoms with E-state index in [-0.39, 0.29) is 29.4 Å². The van der Waals surface area contributed by atoms with Gasteiger partial charge in [0.2, 0.25) is 0 Å². The molecular formula is C30H27FN2O2. The monoisotopic (exact) mass is 466 g/mol. The SMILES string of the molecule is COc1cc(C2Nc3ccc(CN)cc3C3c4ccccc4CC23)c(-c2ccccc2F)cc1O. The number of hydrogen-bond donors (Lipinski definition) is 3. The average Bonchev–Trinajstić information content (AvgIpc) is 3.28. The van der Waals surface area contributed by atoms with Crippen LogP contribution < -0.4 is 15.8 Å². The Bertz CT molecular complexity index is 1430. The maximum atomic E-state index is 15.0. The third kappa shape index (κ3) is 3.46. The lowest BCUT2D eigenvalue weighted by Gasteiger charge is -2.39. The number of nitrogens with one attached hydrogen (secondary N) is 1. The Hall–Kier alpha value is -3.83. The van der Waals surface area contributed by atoms with Gasteiger partial charge in [-0.3, -0.25) is 0 Å². The van der Waals surface area contributed by atoms with Gasteiger partial charge >= 0.3 is 0 Å². The quantitative estimate of drug-likeness (QED) is 0.338. The Morgan fingerprint density at radius 1 is 0.943 bits per heavy atom. The second-order valence-electron chi connectivity index (χ2n) is 9.38. The molecule has 35 heavy (non-hydrogen) atoms. The predicted octanol–water partition coefficient (Wildman–Crippen LogP) is 6.14. The summed E-state index contributed by atoms with van der Waals surface area (Å²) in [6.07, 6.45) is 0.894. The molecule has 0 radical (unpaired) electrons. The standard InChI is InChI=1S/C30H27FN2O2/c1-35-28-15-22(21(14-27(28)34)20-8-4-5-9-25(20)31)30-24-13-18-6-2-3-7-19(18)29(24)23-12-17(16-32)10-11-26(23)33-30/h2-12,14-15,24,29-30,33-34H,13,16,32H2,1H3. The zero-order valence-corrected chi connectivity index (χ0v) is 19.5. The van der Waals surface area contributed by atoms with Gasteiger partial charge in [-0.05, 0) is 70.0 Å². The summed E-state index contributed by atoms with van der Waals surface area (Å²) in [6.45, 7) is 0.488. The molecule has 0 fully saturated rings. The molecular weight excluding hydrogens is 439 g/mol. The topological polar surface area (TPSA) is 67.5 Å². The fraction of sp³-hybridized carbons (Fsp3) is 0.200. The first-order valence-corrected chi connectivity index (χ1v) is 11.9. The van der Waals surface area contributed by atoms with E-state index < -0.39 is 0 Å². The molecule has 176 valence electrons. The highest BCUT2D eigenvalue weighted by atomic mass is 19.1. The lowest BCUT2D eigenvalue weighted by atomic mass is 9.74. The lowest BCUT2D eigenvalue weighted by molar-refractivity contribution is 0.370. The van der Waals surface area contributed by atoms with Crippen LogP contribution in [0.4, 0.5) is 10.1 Å². The van der Waals surface area contributed by atoms with Crippen molar-refractivity contribution in [3.8, 4) is 22.6 Å². The summed E-state index contributed by atoms with van der Waals surface area (Å²) in [5, 5.41) is 14.4. The normalized spacial score (nSPS) is 19.9. The molecule has 2 aliphatic rings. The van der Waals surface area contributed by atoms with E-state index in [1.54, 1.807) is 18.2 Å². The molecule has 0 spiro atoms. The van der Waals surface area contributed by atoms with E-state index in [1.807, 2.05) is 12.1 Å². The second kappa shape index (κ2) is 8.43. The minimum atomic E-state index is -0.326. The fourth-order valence-corrected chi connectivity index (χ4v) is 5.96. The Labute approximate surface area is 204 Å². The maximum absolute atomic E-state index is 15.0. The van der Waals surface area contributed by atoms with Gasteiger partial charge in [-0.25, -0.2) is 4.39 Å². The van der Waals surface area contributed by atoms with Crippen molar-refractivity contribution < 1.29 is 14.2 Å². The molecule has 3 unspecified atom stereocenters. The van der Waals surface area contributed by atoms with Crippen molar-refractivity contribution in [2.75, 3.05) is 12.4 Å². The molecule has 4 N–H and O–H groups in total. The van der Waals surface area contributed by atoms with Gasteiger partial charge in [0.05, 0.1) is 13.2 Å². The van der Waals surface area contributed by atoms with Crippen molar-refractivity contribution in [2.45, 2.75) is 24.9 Å². The first kappa shape index (κ1) is 21.7. The van der Waals surface area contributed by atoms with Crippen LogP contribution in [0.15, 0.2) is 78.9 Å². The van der Waals surface area contributed by atoms with Gasteiger partial charge in [0.25, 0.3) is 0 Å². The molecule has 1 aliphatic carbocycles. The van der Waals surface area contributed by atoms with Crippen LogP contribution in [0.5, 0.6) is 11.5 Å². The molecule has 4 nitrogen and oxygen atoms in total. The summed E-state index contributed by atoms with van der Waals surface area (Å²) in [7, 11) is 1.54. The van der Waals surface area contributed by atoms with E-state index in [0.717, 1.165) is 23.2 Å². The van der Waals surface area contributed by atoms with Crippen molar-refractivity contribution >= 4 is 5.69 Å². The van der Waals surface area contributed by atoms with E-state index >= 15 is 0 Å². The number of fused-ring (bicyclic) bond motifs is 5. The molecule has 0 saturated heterocycles. The number of phenols is 1. The third-order valence-electron chi connectivity index (χ3n) is 7.55. The number of halogens is 1. The zero-order valence-electron chi connectivity index (χ0n) is 19.5. The zero-order chi connectivity index (χ0) is 24.1. The van der Waals surface area contributed by atoms with Crippen molar-refractivity contribution in [2.24, 2.45) is 11.7 Å². The maximum Gasteiger partial charge on any atom is 0.160 e. The average molecular weight is 467 g/mol. The number of methoxy groups -OCH3 is 1. The van der Waals surface area contributed by atoms with Crippen LogP contribution in [0.2, 0.25) is 0 Å². The number of ether oxygens (including phenoxy) is 1. The number of rotatable bonds is 4. The molecule has 0 saturated carbocycles. The Morgan fingerprint density at radius 3 is 2.54 bits per heavy atom. The Balaban J connectivity index is 1.58. The van der Waals surface area contributed by atoms with Gasteiger partial charge < -0.3 is 20.9 Å².